The number of carbonyl (C=O) groups excluding carboxylic acids is 1. The van der Waals surface area contributed by atoms with Crippen LogP contribution >= 0.6 is 0 Å². The van der Waals surface area contributed by atoms with E-state index < -0.39 is 0 Å². The van der Waals surface area contributed by atoms with Gasteiger partial charge in [0.05, 0.1) is 18.5 Å². The second-order valence-corrected chi connectivity index (χ2v) is 6.08. The molecule has 0 spiro atoms. The van der Waals surface area contributed by atoms with Crippen molar-refractivity contribution < 1.29 is 14.3 Å². The Bertz CT molecular complexity index is 1040. The van der Waals surface area contributed by atoms with Gasteiger partial charge in [0.2, 0.25) is 0 Å². The number of amides is 1. The van der Waals surface area contributed by atoms with E-state index in [-0.39, 0.29) is 23.2 Å². The minimum absolute atomic E-state index is 0.191. The summed E-state index contributed by atoms with van der Waals surface area (Å²) in [5.74, 6) is 1.05. The predicted molar refractivity (Wildman–Crippen MR) is 95.8 cm³/mol. The number of ether oxygens (including phenoxy) is 2. The van der Waals surface area contributed by atoms with Gasteiger partial charge < -0.3 is 14.8 Å². The summed E-state index contributed by atoms with van der Waals surface area (Å²) >= 11 is 0. The van der Waals surface area contributed by atoms with Crippen LogP contribution in [-0.4, -0.2) is 35.9 Å². The van der Waals surface area contributed by atoms with Gasteiger partial charge >= 0.3 is 0 Å². The van der Waals surface area contributed by atoms with Gasteiger partial charge in [-0.25, -0.2) is 5.10 Å². The number of fused-ring (bicyclic) bond motifs is 2. The van der Waals surface area contributed by atoms with Crippen molar-refractivity contribution in [2.75, 3.05) is 13.7 Å². The Morgan fingerprint density at radius 2 is 2.04 bits per heavy atom. The highest BCUT2D eigenvalue weighted by Gasteiger charge is 2.25. The number of benzene rings is 2. The molecule has 0 saturated carbocycles. The molecule has 7 nitrogen and oxygen atoms in total. The fourth-order valence-corrected chi connectivity index (χ4v) is 3.19. The third-order valence-electron chi connectivity index (χ3n) is 4.42. The monoisotopic (exact) mass is 351 g/mol. The number of aromatic nitrogens is 2. The highest BCUT2D eigenvalue weighted by Crippen LogP contribution is 2.34. The Labute approximate surface area is 148 Å². The molecule has 0 fully saturated rings. The van der Waals surface area contributed by atoms with Crippen molar-refractivity contribution in [3.8, 4) is 11.5 Å². The number of hydrogen-bond donors (Lipinski definition) is 2. The molecule has 132 valence electrons. The smallest absolute Gasteiger partial charge is 0.272 e. The molecule has 4 rings (SSSR count). The number of nitrogens with one attached hydrogen (secondary N) is 2. The van der Waals surface area contributed by atoms with Crippen LogP contribution in [0.5, 0.6) is 11.5 Å². The Kier molecular flexibility index (Phi) is 4.04. The topological polar surface area (TPSA) is 93.3 Å². The van der Waals surface area contributed by atoms with Gasteiger partial charge in [0.1, 0.15) is 6.61 Å². The molecule has 1 aliphatic heterocycles. The molecule has 1 amide bonds. The molecule has 26 heavy (non-hydrogen) atoms. The molecule has 0 radical (unpaired) electrons. The summed E-state index contributed by atoms with van der Waals surface area (Å²) in [6, 6.07) is 12.4. The summed E-state index contributed by atoms with van der Waals surface area (Å²) in [5, 5.41) is 10.2. The first-order valence-corrected chi connectivity index (χ1v) is 8.24. The zero-order chi connectivity index (χ0) is 18.1. The van der Waals surface area contributed by atoms with Crippen molar-refractivity contribution in [2.45, 2.75) is 12.5 Å². The first kappa shape index (κ1) is 16.1. The maximum absolute atomic E-state index is 12.7. The molecule has 7 heteroatoms. The molecule has 0 aliphatic carbocycles. The standard InChI is InChI=1S/C19H17N3O4/c1-25-15-8-4-5-11-9-12(10-26-17(11)15)20-19(24)16-13-6-2-3-7-14(13)18(23)22-21-16/h2-8,12H,9-10H2,1H3,(H,20,24)(H,22,23). The third-order valence-corrected chi connectivity index (χ3v) is 4.42. The summed E-state index contributed by atoms with van der Waals surface area (Å²) in [6.45, 7) is 0.334. The van der Waals surface area contributed by atoms with Gasteiger partial charge in [0.25, 0.3) is 11.5 Å². The summed E-state index contributed by atoms with van der Waals surface area (Å²) in [7, 11) is 1.60. The maximum Gasteiger partial charge on any atom is 0.272 e. The molecular weight excluding hydrogens is 334 g/mol. The lowest BCUT2D eigenvalue weighted by molar-refractivity contribution is 0.0910. The van der Waals surface area contributed by atoms with Crippen LogP contribution in [0.1, 0.15) is 16.1 Å². The van der Waals surface area contributed by atoms with Crippen LogP contribution in [0.4, 0.5) is 0 Å². The van der Waals surface area contributed by atoms with Crippen molar-refractivity contribution in [2.24, 2.45) is 0 Å². The SMILES string of the molecule is COc1cccc2c1OCC(NC(=O)c1n[nH]c(=O)c3ccccc13)C2. The maximum atomic E-state index is 12.7. The lowest BCUT2D eigenvalue weighted by Crippen LogP contribution is -2.43. The van der Waals surface area contributed by atoms with E-state index in [1.165, 1.54) is 0 Å². The van der Waals surface area contributed by atoms with Crippen molar-refractivity contribution >= 4 is 16.7 Å². The van der Waals surface area contributed by atoms with Crippen LogP contribution in [-0.2, 0) is 6.42 Å². The van der Waals surface area contributed by atoms with Gasteiger partial charge in [0.15, 0.2) is 17.2 Å². The Balaban J connectivity index is 1.58. The molecule has 1 aromatic heterocycles. The first-order chi connectivity index (χ1) is 12.7. The van der Waals surface area contributed by atoms with Gasteiger partial charge in [-0.05, 0) is 18.6 Å². The number of hydrogen-bond acceptors (Lipinski definition) is 5. The number of H-pyrrole nitrogens is 1. The zero-order valence-electron chi connectivity index (χ0n) is 14.1. The van der Waals surface area contributed by atoms with E-state index >= 15 is 0 Å². The van der Waals surface area contributed by atoms with Crippen molar-refractivity contribution in [3.05, 3.63) is 64.1 Å². The molecule has 0 bridgehead atoms. The van der Waals surface area contributed by atoms with E-state index in [2.05, 4.69) is 15.5 Å². The van der Waals surface area contributed by atoms with E-state index in [0.29, 0.717) is 35.3 Å². The average molecular weight is 351 g/mol. The largest absolute Gasteiger partial charge is 0.493 e. The van der Waals surface area contributed by atoms with Crippen molar-refractivity contribution in [1.82, 2.24) is 15.5 Å². The highest BCUT2D eigenvalue weighted by molar-refractivity contribution is 6.04. The van der Waals surface area contributed by atoms with Crippen LogP contribution < -0.4 is 20.3 Å². The predicted octanol–water partition coefficient (Wildman–Crippen LogP) is 1.67. The van der Waals surface area contributed by atoms with E-state index in [0.717, 1.165) is 5.56 Å². The van der Waals surface area contributed by atoms with Gasteiger partial charge in [0, 0.05) is 10.9 Å². The van der Waals surface area contributed by atoms with E-state index in [1.54, 1.807) is 31.4 Å². The minimum atomic E-state index is -0.350. The number of aromatic amines is 1. The van der Waals surface area contributed by atoms with Crippen molar-refractivity contribution in [3.63, 3.8) is 0 Å². The number of carbonyl (C=O) groups is 1. The molecular formula is C19H17N3O4. The third kappa shape index (κ3) is 2.77. The Morgan fingerprint density at radius 1 is 1.23 bits per heavy atom. The highest BCUT2D eigenvalue weighted by atomic mass is 16.5. The van der Waals surface area contributed by atoms with Gasteiger partial charge in [-0.3, -0.25) is 9.59 Å². The number of methoxy groups -OCH3 is 1. The second-order valence-electron chi connectivity index (χ2n) is 6.08. The average Bonchev–Trinajstić information content (AvgIpc) is 2.67. The fourth-order valence-electron chi connectivity index (χ4n) is 3.19. The molecule has 0 saturated heterocycles. The summed E-state index contributed by atoms with van der Waals surface area (Å²) in [5.41, 5.74) is 0.844. The molecule has 1 unspecified atom stereocenters. The summed E-state index contributed by atoms with van der Waals surface area (Å²) in [6.07, 6.45) is 0.625. The van der Waals surface area contributed by atoms with E-state index in [4.69, 9.17) is 9.47 Å². The van der Waals surface area contributed by atoms with Crippen molar-refractivity contribution in [1.29, 1.82) is 0 Å². The quantitative estimate of drug-likeness (QED) is 0.749. The van der Waals surface area contributed by atoms with Gasteiger partial charge in [-0.1, -0.05) is 30.3 Å². The number of nitrogens with zero attached hydrogens (tertiary/aromatic N) is 1. The van der Waals surface area contributed by atoms with Crippen LogP contribution in [0.2, 0.25) is 0 Å². The molecule has 3 aromatic rings. The molecule has 2 aromatic carbocycles. The minimum Gasteiger partial charge on any atom is -0.493 e. The van der Waals surface area contributed by atoms with Gasteiger partial charge in [-0.2, -0.15) is 5.10 Å². The first-order valence-electron chi connectivity index (χ1n) is 8.24. The second kappa shape index (κ2) is 6.51. The molecule has 2 N–H and O–H groups in total. The summed E-state index contributed by atoms with van der Waals surface area (Å²) < 4.78 is 11.1. The number of para-hydroxylation sites is 1. The van der Waals surface area contributed by atoms with Crippen LogP contribution in [0.3, 0.4) is 0 Å². The Morgan fingerprint density at radius 3 is 2.85 bits per heavy atom. The van der Waals surface area contributed by atoms with Crippen LogP contribution in [0.25, 0.3) is 10.8 Å². The Hall–Kier alpha value is -3.35. The molecule has 1 atom stereocenters. The van der Waals surface area contributed by atoms with E-state index in [9.17, 15) is 9.59 Å². The fraction of sp³-hybridized carbons (Fsp3) is 0.211. The van der Waals surface area contributed by atoms with Crippen LogP contribution in [0.15, 0.2) is 47.3 Å². The van der Waals surface area contributed by atoms with E-state index in [1.807, 2.05) is 18.2 Å². The zero-order valence-corrected chi connectivity index (χ0v) is 14.1. The lowest BCUT2D eigenvalue weighted by atomic mass is 10.0. The summed E-state index contributed by atoms with van der Waals surface area (Å²) in [4.78, 5) is 24.6. The van der Waals surface area contributed by atoms with Gasteiger partial charge in [-0.15, -0.1) is 0 Å². The van der Waals surface area contributed by atoms with Crippen LogP contribution in [0, 0.1) is 0 Å². The molecule has 1 aliphatic rings. The number of rotatable bonds is 3. The lowest BCUT2D eigenvalue weighted by Gasteiger charge is -2.27. The normalized spacial score (nSPS) is 15.8. The molecule has 2 heterocycles.